The lowest BCUT2D eigenvalue weighted by Crippen LogP contribution is -2.53. The zero-order valence-corrected chi connectivity index (χ0v) is 11.6. The Balaban J connectivity index is 2.41. The zero-order valence-electron chi connectivity index (χ0n) is 10.7. The van der Waals surface area contributed by atoms with Crippen LogP contribution in [0, 0.1) is 5.41 Å². The van der Waals surface area contributed by atoms with E-state index in [4.69, 9.17) is 0 Å². The highest BCUT2D eigenvalue weighted by molar-refractivity contribution is 7.80. The Kier molecular flexibility index (Phi) is 4.94. The van der Waals surface area contributed by atoms with Crippen molar-refractivity contribution in [1.82, 2.24) is 9.80 Å². The SMILES string of the molecule is CCN1CCN(CC(C)(C)CS)CC1C. The summed E-state index contributed by atoms with van der Waals surface area (Å²) in [5.74, 6) is 0.968. The molecule has 1 aliphatic rings. The quantitative estimate of drug-likeness (QED) is 0.738. The van der Waals surface area contributed by atoms with E-state index in [9.17, 15) is 0 Å². The summed E-state index contributed by atoms with van der Waals surface area (Å²) in [7, 11) is 0. The van der Waals surface area contributed by atoms with Gasteiger partial charge in [-0.05, 0) is 24.6 Å². The Morgan fingerprint density at radius 3 is 2.47 bits per heavy atom. The van der Waals surface area contributed by atoms with Crippen LogP contribution in [-0.2, 0) is 0 Å². The minimum atomic E-state index is 0.344. The number of rotatable bonds is 4. The average molecular weight is 230 g/mol. The smallest absolute Gasteiger partial charge is 0.0195 e. The molecule has 0 aromatic heterocycles. The van der Waals surface area contributed by atoms with Gasteiger partial charge in [-0.3, -0.25) is 9.80 Å². The van der Waals surface area contributed by atoms with Gasteiger partial charge >= 0.3 is 0 Å². The molecule has 0 amide bonds. The van der Waals surface area contributed by atoms with Gasteiger partial charge in [0.05, 0.1) is 0 Å². The van der Waals surface area contributed by atoms with E-state index in [-0.39, 0.29) is 0 Å². The molecule has 1 unspecified atom stereocenters. The predicted molar refractivity (Wildman–Crippen MR) is 70.8 cm³/mol. The van der Waals surface area contributed by atoms with Crippen LogP contribution in [0.3, 0.4) is 0 Å². The van der Waals surface area contributed by atoms with E-state index >= 15 is 0 Å². The molecule has 1 saturated heterocycles. The fourth-order valence-electron chi connectivity index (χ4n) is 2.34. The highest BCUT2D eigenvalue weighted by Crippen LogP contribution is 2.20. The second kappa shape index (κ2) is 5.55. The van der Waals surface area contributed by atoms with Crippen molar-refractivity contribution in [3.8, 4) is 0 Å². The van der Waals surface area contributed by atoms with Crippen LogP contribution < -0.4 is 0 Å². The largest absolute Gasteiger partial charge is 0.300 e. The van der Waals surface area contributed by atoms with Gasteiger partial charge in [0, 0.05) is 32.2 Å². The molecule has 0 radical (unpaired) electrons. The van der Waals surface area contributed by atoms with Crippen LogP contribution in [0.15, 0.2) is 0 Å². The van der Waals surface area contributed by atoms with Gasteiger partial charge in [-0.2, -0.15) is 12.6 Å². The molecular formula is C12H26N2S. The Morgan fingerprint density at radius 2 is 2.00 bits per heavy atom. The predicted octanol–water partition coefficient (Wildman–Crippen LogP) is 1.97. The van der Waals surface area contributed by atoms with Crippen molar-refractivity contribution in [3.05, 3.63) is 0 Å². The van der Waals surface area contributed by atoms with Gasteiger partial charge in [0.2, 0.25) is 0 Å². The van der Waals surface area contributed by atoms with Crippen LogP contribution in [0.5, 0.6) is 0 Å². The van der Waals surface area contributed by atoms with Crippen LogP contribution in [0.2, 0.25) is 0 Å². The van der Waals surface area contributed by atoms with Crippen molar-refractivity contribution in [1.29, 1.82) is 0 Å². The first kappa shape index (κ1) is 13.3. The van der Waals surface area contributed by atoms with Crippen molar-refractivity contribution in [3.63, 3.8) is 0 Å². The van der Waals surface area contributed by atoms with Crippen molar-refractivity contribution in [2.45, 2.75) is 33.7 Å². The molecule has 0 spiro atoms. The standard InChI is InChI=1S/C12H26N2S/c1-5-14-7-6-13(8-11(14)2)9-12(3,4)10-15/h11,15H,5-10H2,1-4H3. The van der Waals surface area contributed by atoms with Crippen molar-refractivity contribution in [2.75, 3.05) is 38.5 Å². The third kappa shape index (κ3) is 3.97. The number of likely N-dealkylation sites (N-methyl/N-ethyl adjacent to an activating group) is 1. The van der Waals surface area contributed by atoms with Gasteiger partial charge in [-0.15, -0.1) is 0 Å². The van der Waals surface area contributed by atoms with E-state index < -0.39 is 0 Å². The maximum atomic E-state index is 4.42. The van der Waals surface area contributed by atoms with E-state index in [0.717, 1.165) is 5.75 Å². The van der Waals surface area contributed by atoms with E-state index in [0.29, 0.717) is 11.5 Å². The second-order valence-corrected chi connectivity index (χ2v) is 5.85. The molecule has 0 N–H and O–H groups in total. The molecule has 1 fully saturated rings. The summed E-state index contributed by atoms with van der Waals surface area (Å²) in [6.07, 6.45) is 0. The molecular weight excluding hydrogens is 204 g/mol. The molecule has 3 heteroatoms. The first-order chi connectivity index (χ1) is 6.98. The average Bonchev–Trinajstić information content (AvgIpc) is 2.17. The lowest BCUT2D eigenvalue weighted by Gasteiger charge is -2.42. The molecule has 90 valence electrons. The van der Waals surface area contributed by atoms with Gasteiger partial charge in [-0.1, -0.05) is 20.8 Å². The lowest BCUT2D eigenvalue weighted by molar-refractivity contribution is 0.0672. The maximum Gasteiger partial charge on any atom is 0.0195 e. The fourth-order valence-corrected chi connectivity index (χ4v) is 2.44. The van der Waals surface area contributed by atoms with E-state index in [1.807, 2.05) is 0 Å². The first-order valence-electron chi connectivity index (χ1n) is 6.06. The van der Waals surface area contributed by atoms with Gasteiger partial charge in [0.25, 0.3) is 0 Å². The summed E-state index contributed by atoms with van der Waals surface area (Å²) in [6, 6.07) is 0.708. The lowest BCUT2D eigenvalue weighted by atomic mass is 9.95. The Labute approximate surface area is 100 Å². The molecule has 15 heavy (non-hydrogen) atoms. The Morgan fingerprint density at radius 1 is 1.33 bits per heavy atom. The fraction of sp³-hybridized carbons (Fsp3) is 1.00. The van der Waals surface area contributed by atoms with E-state index in [1.165, 1.54) is 32.7 Å². The van der Waals surface area contributed by atoms with Gasteiger partial charge < -0.3 is 0 Å². The number of hydrogen-bond acceptors (Lipinski definition) is 3. The highest BCUT2D eigenvalue weighted by atomic mass is 32.1. The summed E-state index contributed by atoms with van der Waals surface area (Å²) in [5, 5.41) is 0. The molecule has 2 nitrogen and oxygen atoms in total. The van der Waals surface area contributed by atoms with Crippen LogP contribution in [0.1, 0.15) is 27.7 Å². The Bertz CT molecular complexity index is 194. The number of piperazine rings is 1. The normalized spacial score (nSPS) is 25.8. The van der Waals surface area contributed by atoms with Crippen LogP contribution in [-0.4, -0.2) is 54.3 Å². The van der Waals surface area contributed by atoms with Gasteiger partial charge in [0.15, 0.2) is 0 Å². The van der Waals surface area contributed by atoms with Crippen LogP contribution in [0.25, 0.3) is 0 Å². The molecule has 1 atom stereocenters. The van der Waals surface area contributed by atoms with E-state index in [2.05, 4.69) is 50.1 Å². The topological polar surface area (TPSA) is 6.48 Å². The number of nitrogens with zero attached hydrogens (tertiary/aromatic N) is 2. The Hall–Kier alpha value is 0.270. The molecule has 1 aliphatic heterocycles. The highest BCUT2D eigenvalue weighted by Gasteiger charge is 2.26. The minimum absolute atomic E-state index is 0.344. The third-order valence-corrected chi connectivity index (χ3v) is 4.19. The summed E-state index contributed by atoms with van der Waals surface area (Å²) >= 11 is 4.42. The van der Waals surface area contributed by atoms with Crippen molar-refractivity contribution in [2.24, 2.45) is 5.41 Å². The summed E-state index contributed by atoms with van der Waals surface area (Å²) < 4.78 is 0. The molecule has 0 saturated carbocycles. The first-order valence-corrected chi connectivity index (χ1v) is 6.69. The molecule has 1 heterocycles. The van der Waals surface area contributed by atoms with Crippen molar-refractivity contribution < 1.29 is 0 Å². The summed E-state index contributed by atoms with van der Waals surface area (Å²) in [4.78, 5) is 5.15. The third-order valence-electron chi connectivity index (χ3n) is 3.34. The van der Waals surface area contributed by atoms with E-state index in [1.54, 1.807) is 0 Å². The van der Waals surface area contributed by atoms with Crippen LogP contribution in [0.4, 0.5) is 0 Å². The zero-order chi connectivity index (χ0) is 11.5. The molecule has 0 aromatic rings. The van der Waals surface area contributed by atoms with Crippen LogP contribution >= 0.6 is 12.6 Å². The summed E-state index contributed by atoms with van der Waals surface area (Å²) in [6.45, 7) is 15.2. The van der Waals surface area contributed by atoms with Gasteiger partial charge in [-0.25, -0.2) is 0 Å². The molecule has 1 rings (SSSR count). The number of hydrogen-bond donors (Lipinski definition) is 1. The maximum absolute atomic E-state index is 4.42. The van der Waals surface area contributed by atoms with Gasteiger partial charge in [0.1, 0.15) is 0 Å². The molecule has 0 bridgehead atoms. The molecule has 0 aromatic carbocycles. The number of thiol groups is 1. The molecule has 0 aliphatic carbocycles. The second-order valence-electron chi connectivity index (χ2n) is 5.54. The van der Waals surface area contributed by atoms with Crippen molar-refractivity contribution >= 4 is 12.6 Å². The summed E-state index contributed by atoms with van der Waals surface area (Å²) in [5.41, 5.74) is 0.344. The monoisotopic (exact) mass is 230 g/mol. The minimum Gasteiger partial charge on any atom is -0.300 e.